The summed E-state index contributed by atoms with van der Waals surface area (Å²) in [5, 5.41) is 21.2. The van der Waals surface area contributed by atoms with Crippen molar-refractivity contribution in [1.29, 1.82) is 0 Å². The van der Waals surface area contributed by atoms with Crippen molar-refractivity contribution in [2.24, 2.45) is 0 Å². The molecule has 0 bridgehead atoms. The number of anilines is 1. The van der Waals surface area contributed by atoms with E-state index in [4.69, 9.17) is 0 Å². The number of carbonyl (C=O) groups excluding carboxylic acids is 1. The summed E-state index contributed by atoms with van der Waals surface area (Å²) >= 11 is 0. The minimum absolute atomic E-state index is 0.105. The van der Waals surface area contributed by atoms with Crippen LogP contribution in [0.4, 0.5) is 15.8 Å². The number of halogens is 1. The van der Waals surface area contributed by atoms with Crippen molar-refractivity contribution in [3.8, 4) is 0 Å². The van der Waals surface area contributed by atoms with Crippen LogP contribution in [0.5, 0.6) is 0 Å². The molecule has 0 saturated heterocycles. The summed E-state index contributed by atoms with van der Waals surface area (Å²) in [4.78, 5) is 22.0. The number of hydrogen-bond acceptors (Lipinski definition) is 5. The second-order valence-electron chi connectivity index (χ2n) is 5.57. The molecule has 0 fully saturated rings. The Labute approximate surface area is 147 Å². The largest absolute Gasteiger partial charge is 0.323 e. The average Bonchev–Trinajstić information content (AvgIpc) is 3.23. The van der Waals surface area contributed by atoms with Gasteiger partial charge in [0.1, 0.15) is 18.2 Å². The summed E-state index contributed by atoms with van der Waals surface area (Å²) in [6, 6.07) is 6.19. The zero-order valence-electron chi connectivity index (χ0n) is 13.6. The zero-order valence-corrected chi connectivity index (χ0v) is 13.6. The summed E-state index contributed by atoms with van der Waals surface area (Å²) in [5.41, 5.74) is 1.15. The lowest BCUT2D eigenvalue weighted by Gasteiger charge is -2.03. The maximum atomic E-state index is 13.2. The minimum atomic E-state index is -0.545. The van der Waals surface area contributed by atoms with Gasteiger partial charge in [-0.05, 0) is 17.7 Å². The smallest absolute Gasteiger partial charge is 0.306 e. The van der Waals surface area contributed by atoms with Crippen LogP contribution in [0.15, 0.2) is 49.1 Å². The highest BCUT2D eigenvalue weighted by Gasteiger charge is 2.10. The van der Waals surface area contributed by atoms with E-state index in [0.717, 1.165) is 11.8 Å². The summed E-state index contributed by atoms with van der Waals surface area (Å²) in [7, 11) is 0. The van der Waals surface area contributed by atoms with Crippen LogP contribution in [0.25, 0.3) is 0 Å². The van der Waals surface area contributed by atoms with E-state index < -0.39 is 4.92 Å². The molecule has 1 amide bonds. The Balaban J connectivity index is 1.51. The molecule has 1 aromatic carbocycles. The van der Waals surface area contributed by atoms with E-state index in [-0.39, 0.29) is 30.4 Å². The van der Waals surface area contributed by atoms with E-state index in [9.17, 15) is 19.3 Å². The van der Waals surface area contributed by atoms with Crippen LogP contribution in [0, 0.1) is 15.9 Å². The fraction of sp³-hybridized carbons (Fsp3) is 0.188. The molecule has 0 aliphatic carbocycles. The van der Waals surface area contributed by atoms with E-state index in [0.29, 0.717) is 12.2 Å². The monoisotopic (exact) mass is 358 g/mol. The lowest BCUT2D eigenvalue weighted by molar-refractivity contribution is -0.385. The average molecular weight is 358 g/mol. The molecule has 0 spiro atoms. The number of benzene rings is 1. The molecular weight excluding hydrogens is 343 g/mol. The Morgan fingerprint density at radius 3 is 2.77 bits per heavy atom. The van der Waals surface area contributed by atoms with Crippen LogP contribution in [-0.4, -0.2) is 30.4 Å². The number of nitrogens with one attached hydrogen (secondary N) is 1. The van der Waals surface area contributed by atoms with Crippen molar-refractivity contribution >= 4 is 17.3 Å². The maximum absolute atomic E-state index is 13.2. The van der Waals surface area contributed by atoms with Gasteiger partial charge >= 0.3 is 5.69 Å². The second kappa shape index (κ2) is 7.55. The van der Waals surface area contributed by atoms with E-state index in [1.165, 1.54) is 29.2 Å². The molecule has 0 unspecified atom stereocenters. The van der Waals surface area contributed by atoms with Crippen LogP contribution in [0.3, 0.4) is 0 Å². The molecule has 0 atom stereocenters. The molecular formula is C16H15FN6O3. The SMILES string of the molecule is O=C(CCn1cc([N+](=O)[O-])cn1)Nc1cnn(Cc2cccc(F)c2)c1. The Morgan fingerprint density at radius 2 is 2.04 bits per heavy atom. The van der Waals surface area contributed by atoms with E-state index in [1.807, 2.05) is 0 Å². The first kappa shape index (κ1) is 17.3. The van der Waals surface area contributed by atoms with Crippen LogP contribution in [0.2, 0.25) is 0 Å². The maximum Gasteiger partial charge on any atom is 0.306 e. The molecule has 10 heteroatoms. The van der Waals surface area contributed by atoms with Gasteiger partial charge in [-0.2, -0.15) is 10.2 Å². The van der Waals surface area contributed by atoms with Crippen LogP contribution in [0.1, 0.15) is 12.0 Å². The number of aromatic nitrogens is 4. The summed E-state index contributed by atoms with van der Waals surface area (Å²) in [6.45, 7) is 0.599. The number of aryl methyl sites for hydroxylation is 1. The zero-order chi connectivity index (χ0) is 18.5. The Hall–Kier alpha value is -3.56. The number of carbonyl (C=O) groups is 1. The molecule has 1 N–H and O–H groups in total. The third-order valence-corrected chi connectivity index (χ3v) is 3.55. The highest BCUT2D eigenvalue weighted by molar-refractivity contribution is 5.90. The molecule has 0 saturated carbocycles. The topological polar surface area (TPSA) is 108 Å². The predicted molar refractivity (Wildman–Crippen MR) is 89.9 cm³/mol. The van der Waals surface area contributed by atoms with Crippen molar-refractivity contribution in [2.45, 2.75) is 19.5 Å². The molecule has 0 aliphatic heterocycles. The highest BCUT2D eigenvalue weighted by Crippen LogP contribution is 2.11. The Morgan fingerprint density at radius 1 is 1.23 bits per heavy atom. The molecule has 3 rings (SSSR count). The molecule has 2 heterocycles. The standard InChI is InChI=1S/C16H15FN6O3/c17-13-3-1-2-12(6-13)9-22-10-14(7-18-22)20-16(24)4-5-21-11-15(8-19-21)23(25)26/h1-3,6-8,10-11H,4-5,9H2,(H,20,24). The van der Waals surface area contributed by atoms with Gasteiger partial charge in [0, 0.05) is 19.2 Å². The van der Waals surface area contributed by atoms with Crippen LogP contribution in [-0.2, 0) is 17.9 Å². The van der Waals surface area contributed by atoms with Gasteiger partial charge in [-0.1, -0.05) is 12.1 Å². The van der Waals surface area contributed by atoms with Gasteiger partial charge in [0.2, 0.25) is 5.91 Å². The fourth-order valence-electron chi connectivity index (χ4n) is 2.35. The minimum Gasteiger partial charge on any atom is -0.323 e. The normalized spacial score (nSPS) is 10.7. The third kappa shape index (κ3) is 4.50. The fourth-order valence-corrected chi connectivity index (χ4v) is 2.35. The molecule has 0 radical (unpaired) electrons. The second-order valence-corrected chi connectivity index (χ2v) is 5.57. The number of rotatable bonds is 7. The van der Waals surface area contributed by atoms with Crippen LogP contribution < -0.4 is 5.32 Å². The first-order valence-corrected chi connectivity index (χ1v) is 7.73. The molecule has 134 valence electrons. The van der Waals surface area contributed by atoms with E-state index in [2.05, 4.69) is 15.5 Å². The van der Waals surface area contributed by atoms with Gasteiger partial charge in [-0.3, -0.25) is 24.3 Å². The number of nitro groups is 1. The van der Waals surface area contributed by atoms with Crippen molar-refractivity contribution in [1.82, 2.24) is 19.6 Å². The van der Waals surface area contributed by atoms with Gasteiger partial charge in [0.05, 0.1) is 23.4 Å². The number of amides is 1. The molecule has 9 nitrogen and oxygen atoms in total. The number of hydrogen-bond donors (Lipinski definition) is 1. The molecule has 2 aromatic heterocycles. The summed E-state index contributed by atoms with van der Waals surface area (Å²) in [5.74, 6) is -0.588. The highest BCUT2D eigenvalue weighted by atomic mass is 19.1. The van der Waals surface area contributed by atoms with Gasteiger partial charge in [-0.15, -0.1) is 0 Å². The summed E-state index contributed by atoms with van der Waals surface area (Å²) < 4.78 is 16.1. The lowest BCUT2D eigenvalue weighted by atomic mass is 10.2. The van der Waals surface area contributed by atoms with E-state index >= 15 is 0 Å². The molecule has 3 aromatic rings. The Bertz CT molecular complexity index is 935. The predicted octanol–water partition coefficient (Wildman–Crippen LogP) is 2.20. The first-order chi connectivity index (χ1) is 12.5. The Kier molecular flexibility index (Phi) is 5.02. The van der Waals surface area contributed by atoms with E-state index in [1.54, 1.807) is 23.0 Å². The molecule has 26 heavy (non-hydrogen) atoms. The van der Waals surface area contributed by atoms with Gasteiger partial charge in [0.25, 0.3) is 0 Å². The van der Waals surface area contributed by atoms with Gasteiger partial charge < -0.3 is 5.32 Å². The van der Waals surface area contributed by atoms with Crippen molar-refractivity contribution < 1.29 is 14.1 Å². The quantitative estimate of drug-likeness (QED) is 0.514. The number of nitrogens with zero attached hydrogens (tertiary/aromatic N) is 5. The van der Waals surface area contributed by atoms with Crippen molar-refractivity contribution in [3.05, 3.63) is 70.5 Å². The lowest BCUT2D eigenvalue weighted by Crippen LogP contribution is -2.14. The van der Waals surface area contributed by atoms with Gasteiger partial charge in [0.15, 0.2) is 0 Å². The van der Waals surface area contributed by atoms with Crippen molar-refractivity contribution in [3.63, 3.8) is 0 Å². The first-order valence-electron chi connectivity index (χ1n) is 7.73. The van der Waals surface area contributed by atoms with Gasteiger partial charge in [-0.25, -0.2) is 4.39 Å². The summed E-state index contributed by atoms with van der Waals surface area (Å²) in [6.07, 6.45) is 5.64. The van der Waals surface area contributed by atoms with Crippen LogP contribution >= 0.6 is 0 Å². The molecule has 0 aliphatic rings. The van der Waals surface area contributed by atoms with Crippen molar-refractivity contribution in [2.75, 3.05) is 5.32 Å². The third-order valence-electron chi connectivity index (χ3n) is 3.55.